The third-order valence-corrected chi connectivity index (χ3v) is 1.05. The number of rotatable bonds is 1. The van der Waals surface area contributed by atoms with Crippen LogP contribution in [0.2, 0.25) is 0 Å². The third kappa shape index (κ3) is 2.62. The summed E-state index contributed by atoms with van der Waals surface area (Å²) in [5.74, 6) is 0. The molecule has 0 aromatic rings. The molecule has 0 aromatic heterocycles. The second-order valence-electron chi connectivity index (χ2n) is 1.05. The lowest BCUT2D eigenvalue weighted by Gasteiger charge is -1.92. The Morgan fingerprint density at radius 1 is 1.33 bits per heavy atom. The molecule has 0 amide bonds. The standard InChI is InChI=1S/C2HF4O2P/c3-1(4)2(5)9(6,7)8/h(H,7,8). The Labute approximate surface area is 47.4 Å². The minimum atomic E-state index is -5.85. The molecule has 7 heteroatoms. The molecule has 0 bridgehead atoms. The van der Waals surface area contributed by atoms with Crippen LogP contribution in [-0.2, 0) is 4.57 Å². The van der Waals surface area contributed by atoms with Gasteiger partial charge in [0.1, 0.15) is 0 Å². The van der Waals surface area contributed by atoms with Gasteiger partial charge in [-0.15, -0.1) is 4.20 Å². The summed E-state index contributed by atoms with van der Waals surface area (Å²) >= 11 is 0. The van der Waals surface area contributed by atoms with Crippen molar-refractivity contribution in [3.05, 3.63) is 11.6 Å². The van der Waals surface area contributed by atoms with Gasteiger partial charge in [0.2, 0.25) is 0 Å². The van der Waals surface area contributed by atoms with Crippen LogP contribution in [0.3, 0.4) is 0 Å². The first-order valence-corrected chi connectivity index (χ1v) is 3.14. The van der Waals surface area contributed by atoms with Gasteiger partial charge in [0.25, 0.3) is 5.57 Å². The SMILES string of the molecule is O=P(O)(F)C(F)=C(F)F. The van der Waals surface area contributed by atoms with Crippen molar-refractivity contribution in [1.29, 1.82) is 0 Å². The summed E-state index contributed by atoms with van der Waals surface area (Å²) in [7, 11) is -5.85. The summed E-state index contributed by atoms with van der Waals surface area (Å²) in [5.41, 5.74) is -2.89. The highest BCUT2D eigenvalue weighted by Gasteiger charge is 2.29. The Morgan fingerprint density at radius 2 is 1.67 bits per heavy atom. The van der Waals surface area contributed by atoms with E-state index in [1.54, 1.807) is 0 Å². The molecule has 1 unspecified atom stereocenters. The van der Waals surface area contributed by atoms with Crippen LogP contribution in [0.5, 0.6) is 0 Å². The van der Waals surface area contributed by atoms with E-state index in [0.29, 0.717) is 0 Å². The zero-order valence-electron chi connectivity index (χ0n) is 3.81. The second-order valence-corrected chi connectivity index (χ2v) is 2.45. The maximum Gasteiger partial charge on any atom is 0.428 e. The van der Waals surface area contributed by atoms with E-state index in [2.05, 4.69) is 0 Å². The van der Waals surface area contributed by atoms with Crippen molar-refractivity contribution < 1.29 is 26.8 Å². The van der Waals surface area contributed by atoms with E-state index in [-0.39, 0.29) is 0 Å². The molecule has 0 heterocycles. The van der Waals surface area contributed by atoms with Crippen LogP contribution in [-0.4, -0.2) is 4.89 Å². The molecular weight excluding hydrogens is 163 g/mol. The van der Waals surface area contributed by atoms with Gasteiger partial charge in [0.05, 0.1) is 0 Å². The predicted molar refractivity (Wildman–Crippen MR) is 21.3 cm³/mol. The maximum atomic E-state index is 11.3. The van der Waals surface area contributed by atoms with E-state index < -0.39 is 19.3 Å². The molecule has 9 heavy (non-hydrogen) atoms. The summed E-state index contributed by atoms with van der Waals surface area (Å²) in [5, 5.41) is 0. The molecule has 0 aromatic carbocycles. The minimum Gasteiger partial charge on any atom is -0.316 e. The highest BCUT2D eigenvalue weighted by molar-refractivity contribution is 7.56. The van der Waals surface area contributed by atoms with Gasteiger partial charge in [-0.05, 0) is 0 Å². The van der Waals surface area contributed by atoms with Gasteiger partial charge < -0.3 is 4.89 Å². The van der Waals surface area contributed by atoms with Crippen molar-refractivity contribution in [2.75, 3.05) is 0 Å². The minimum absolute atomic E-state index is 2.89. The average molecular weight is 164 g/mol. The molecular formula is C2HF4O2P. The normalized spacial score (nSPS) is 16.6. The average Bonchev–Trinajstić information content (AvgIpc) is 1.62. The first-order chi connectivity index (χ1) is 3.85. The maximum absolute atomic E-state index is 11.3. The van der Waals surface area contributed by atoms with Crippen molar-refractivity contribution in [2.45, 2.75) is 0 Å². The van der Waals surface area contributed by atoms with Crippen molar-refractivity contribution >= 4 is 7.68 Å². The van der Waals surface area contributed by atoms with Crippen molar-refractivity contribution in [2.24, 2.45) is 0 Å². The van der Waals surface area contributed by atoms with Crippen molar-refractivity contribution in [3.63, 3.8) is 0 Å². The van der Waals surface area contributed by atoms with E-state index in [0.717, 1.165) is 0 Å². The first-order valence-electron chi connectivity index (χ1n) is 1.59. The summed E-state index contributed by atoms with van der Waals surface area (Å²) in [6.45, 7) is 0. The Hall–Kier alpha value is -0.350. The van der Waals surface area contributed by atoms with Crippen LogP contribution in [0.15, 0.2) is 11.6 Å². The highest BCUT2D eigenvalue weighted by Crippen LogP contribution is 2.53. The van der Waals surface area contributed by atoms with Crippen LogP contribution in [0, 0.1) is 0 Å². The molecule has 0 rings (SSSR count). The van der Waals surface area contributed by atoms with Gasteiger partial charge in [-0.1, -0.05) is 0 Å². The molecule has 0 fully saturated rings. The number of hydrogen-bond acceptors (Lipinski definition) is 1. The molecule has 0 spiro atoms. The molecule has 54 valence electrons. The smallest absolute Gasteiger partial charge is 0.316 e. The third-order valence-electron chi connectivity index (χ3n) is 0.398. The van der Waals surface area contributed by atoms with Crippen LogP contribution in [0.1, 0.15) is 0 Å². The quantitative estimate of drug-likeness (QED) is 0.476. The topological polar surface area (TPSA) is 37.3 Å². The molecule has 0 saturated carbocycles. The molecule has 0 aliphatic rings. The van der Waals surface area contributed by atoms with Crippen molar-refractivity contribution in [3.8, 4) is 0 Å². The Morgan fingerprint density at radius 3 is 1.67 bits per heavy atom. The lowest BCUT2D eigenvalue weighted by molar-refractivity contribution is 0.368. The Kier molecular flexibility index (Phi) is 2.40. The van der Waals surface area contributed by atoms with Gasteiger partial charge >= 0.3 is 13.8 Å². The molecule has 1 atom stereocenters. The molecule has 1 N–H and O–H groups in total. The van der Waals surface area contributed by atoms with Gasteiger partial charge in [-0.2, -0.15) is 13.2 Å². The molecule has 0 saturated heterocycles. The van der Waals surface area contributed by atoms with E-state index in [9.17, 15) is 21.9 Å². The van der Waals surface area contributed by atoms with E-state index in [1.807, 2.05) is 0 Å². The summed E-state index contributed by atoms with van der Waals surface area (Å²) in [6, 6.07) is 0. The molecule has 2 nitrogen and oxygen atoms in total. The zero-order chi connectivity index (χ0) is 7.65. The zero-order valence-corrected chi connectivity index (χ0v) is 4.71. The van der Waals surface area contributed by atoms with Crippen LogP contribution < -0.4 is 0 Å². The van der Waals surface area contributed by atoms with Crippen LogP contribution in [0.4, 0.5) is 17.4 Å². The molecule has 0 radical (unpaired) electrons. The van der Waals surface area contributed by atoms with Gasteiger partial charge in [0.15, 0.2) is 0 Å². The van der Waals surface area contributed by atoms with Gasteiger partial charge in [-0.25, -0.2) is 4.57 Å². The first kappa shape index (κ1) is 8.65. The fourth-order valence-electron chi connectivity index (χ4n) is 0.104. The fraction of sp³-hybridized carbons (Fsp3) is 0. The van der Waals surface area contributed by atoms with Crippen LogP contribution >= 0.6 is 7.68 Å². The van der Waals surface area contributed by atoms with Gasteiger partial charge in [-0.3, -0.25) is 0 Å². The highest BCUT2D eigenvalue weighted by atomic mass is 31.2. The lowest BCUT2D eigenvalue weighted by atomic mass is 11.1. The van der Waals surface area contributed by atoms with Gasteiger partial charge in [0, 0.05) is 0 Å². The largest absolute Gasteiger partial charge is 0.428 e. The van der Waals surface area contributed by atoms with E-state index >= 15 is 0 Å². The monoisotopic (exact) mass is 164 g/mol. The molecule has 0 aliphatic carbocycles. The van der Waals surface area contributed by atoms with E-state index in [1.165, 1.54) is 0 Å². The van der Waals surface area contributed by atoms with E-state index in [4.69, 9.17) is 4.89 Å². The summed E-state index contributed by atoms with van der Waals surface area (Å²) in [4.78, 5) is 7.43. The van der Waals surface area contributed by atoms with Crippen molar-refractivity contribution in [1.82, 2.24) is 0 Å². The predicted octanol–water partition coefficient (Wildman–Crippen LogP) is 2.18. The summed E-state index contributed by atoms with van der Waals surface area (Å²) < 4.78 is 53.6. The second kappa shape index (κ2) is 2.49. The number of halogens is 4. The lowest BCUT2D eigenvalue weighted by Crippen LogP contribution is -1.73. The number of hydrogen-bond donors (Lipinski definition) is 1. The fourth-order valence-corrected chi connectivity index (χ4v) is 0.313. The summed E-state index contributed by atoms with van der Waals surface area (Å²) in [6.07, 6.45) is -3.11. The Bertz CT molecular complexity index is 177. The molecule has 0 aliphatic heterocycles. The Balaban J connectivity index is 4.62. The van der Waals surface area contributed by atoms with Crippen LogP contribution in [0.25, 0.3) is 0 Å².